The van der Waals surface area contributed by atoms with Crippen LogP contribution in [0, 0.1) is 0 Å². The Morgan fingerprint density at radius 2 is 2.00 bits per heavy atom. The molecule has 116 valence electrons. The Morgan fingerprint density at radius 3 is 2.67 bits per heavy atom. The van der Waals surface area contributed by atoms with E-state index in [1.54, 1.807) is 0 Å². The van der Waals surface area contributed by atoms with Crippen molar-refractivity contribution in [2.45, 2.75) is 38.6 Å². The van der Waals surface area contributed by atoms with Gasteiger partial charge in [0.15, 0.2) is 0 Å². The second kappa shape index (κ2) is 6.75. The van der Waals surface area contributed by atoms with Gasteiger partial charge in [-0.3, -0.25) is 9.88 Å². The second-order valence-electron chi connectivity index (χ2n) is 6.49. The van der Waals surface area contributed by atoms with Gasteiger partial charge in [0.25, 0.3) is 0 Å². The Morgan fingerprint density at radius 1 is 1.19 bits per heavy atom. The highest BCUT2D eigenvalue weighted by Gasteiger charge is 2.26. The van der Waals surface area contributed by atoms with Crippen LogP contribution in [0.4, 0.5) is 5.69 Å². The van der Waals surface area contributed by atoms with Crippen molar-refractivity contribution >= 4 is 5.69 Å². The zero-order valence-corrected chi connectivity index (χ0v) is 13.3. The standard InChI is InChI=1S/C17H27N3O/c1-14(2)17-6-5-15(12-18-17)20-7-3-4-16(13-20)19-8-10-21-11-9-19/h5-6,12,14,16H,3-4,7-11,13H2,1-2H3/t16-/m1/s1. The fourth-order valence-electron chi connectivity index (χ4n) is 3.36. The van der Waals surface area contributed by atoms with E-state index >= 15 is 0 Å². The topological polar surface area (TPSA) is 28.6 Å². The smallest absolute Gasteiger partial charge is 0.0594 e. The molecule has 2 aliphatic heterocycles. The summed E-state index contributed by atoms with van der Waals surface area (Å²) in [5.41, 5.74) is 2.46. The molecule has 4 heteroatoms. The van der Waals surface area contributed by atoms with Crippen LogP contribution >= 0.6 is 0 Å². The van der Waals surface area contributed by atoms with Gasteiger partial charge in [0.2, 0.25) is 0 Å². The number of nitrogens with zero attached hydrogens (tertiary/aromatic N) is 3. The van der Waals surface area contributed by atoms with Gasteiger partial charge in [0.05, 0.1) is 25.1 Å². The van der Waals surface area contributed by atoms with Crippen LogP contribution in [-0.2, 0) is 4.74 Å². The van der Waals surface area contributed by atoms with Crippen molar-refractivity contribution in [3.05, 3.63) is 24.0 Å². The van der Waals surface area contributed by atoms with E-state index in [1.807, 2.05) is 0 Å². The monoisotopic (exact) mass is 289 g/mol. The first-order valence-electron chi connectivity index (χ1n) is 8.27. The van der Waals surface area contributed by atoms with Gasteiger partial charge in [-0.1, -0.05) is 13.8 Å². The van der Waals surface area contributed by atoms with E-state index < -0.39 is 0 Å². The van der Waals surface area contributed by atoms with E-state index in [-0.39, 0.29) is 0 Å². The molecule has 4 nitrogen and oxygen atoms in total. The summed E-state index contributed by atoms with van der Waals surface area (Å²) in [7, 11) is 0. The Balaban J connectivity index is 1.64. The van der Waals surface area contributed by atoms with Gasteiger partial charge in [-0.05, 0) is 30.9 Å². The first-order valence-corrected chi connectivity index (χ1v) is 8.27. The molecule has 0 unspecified atom stereocenters. The van der Waals surface area contributed by atoms with Crippen LogP contribution in [0.2, 0.25) is 0 Å². The number of rotatable bonds is 3. The molecule has 3 rings (SSSR count). The molecule has 1 aromatic rings. The van der Waals surface area contributed by atoms with Crippen LogP contribution in [0.5, 0.6) is 0 Å². The van der Waals surface area contributed by atoms with E-state index in [4.69, 9.17) is 4.74 Å². The van der Waals surface area contributed by atoms with E-state index in [0.717, 1.165) is 39.4 Å². The summed E-state index contributed by atoms with van der Waals surface area (Å²) in [5, 5.41) is 0. The van der Waals surface area contributed by atoms with Crippen molar-refractivity contribution in [1.29, 1.82) is 0 Å². The third-order valence-electron chi connectivity index (χ3n) is 4.69. The number of pyridine rings is 1. The zero-order valence-electron chi connectivity index (χ0n) is 13.3. The Kier molecular flexibility index (Phi) is 4.76. The minimum atomic E-state index is 0.501. The Hall–Kier alpha value is -1.13. The van der Waals surface area contributed by atoms with Gasteiger partial charge in [-0.15, -0.1) is 0 Å². The lowest BCUT2D eigenvalue weighted by Gasteiger charge is -2.41. The predicted octanol–water partition coefficient (Wildman–Crippen LogP) is 2.51. The van der Waals surface area contributed by atoms with Gasteiger partial charge in [0.1, 0.15) is 0 Å². The molecule has 21 heavy (non-hydrogen) atoms. The van der Waals surface area contributed by atoms with Gasteiger partial charge in [0, 0.05) is 37.9 Å². The summed E-state index contributed by atoms with van der Waals surface area (Å²) in [5.74, 6) is 0.501. The van der Waals surface area contributed by atoms with Crippen molar-refractivity contribution in [1.82, 2.24) is 9.88 Å². The van der Waals surface area contributed by atoms with Crippen molar-refractivity contribution < 1.29 is 4.74 Å². The lowest BCUT2D eigenvalue weighted by atomic mass is 10.0. The lowest BCUT2D eigenvalue weighted by molar-refractivity contribution is 0.0137. The van der Waals surface area contributed by atoms with Crippen LogP contribution in [0.3, 0.4) is 0 Å². The van der Waals surface area contributed by atoms with Crippen LogP contribution < -0.4 is 4.90 Å². The number of piperidine rings is 1. The van der Waals surface area contributed by atoms with Crippen molar-refractivity contribution in [2.75, 3.05) is 44.3 Å². The molecule has 0 spiro atoms. The molecule has 1 atom stereocenters. The third kappa shape index (κ3) is 3.55. The molecule has 0 aliphatic carbocycles. The van der Waals surface area contributed by atoms with E-state index in [2.05, 4.69) is 47.0 Å². The highest BCUT2D eigenvalue weighted by atomic mass is 16.5. The molecule has 3 heterocycles. The van der Waals surface area contributed by atoms with Gasteiger partial charge >= 0.3 is 0 Å². The van der Waals surface area contributed by atoms with Crippen molar-refractivity contribution in [2.24, 2.45) is 0 Å². The number of morpholine rings is 1. The fourth-order valence-corrected chi connectivity index (χ4v) is 3.36. The number of aromatic nitrogens is 1. The normalized spacial score (nSPS) is 24.5. The largest absolute Gasteiger partial charge is 0.379 e. The summed E-state index contributed by atoms with van der Waals surface area (Å²) in [6, 6.07) is 5.09. The van der Waals surface area contributed by atoms with Crippen LogP contribution in [-0.4, -0.2) is 55.3 Å². The predicted molar refractivity (Wildman–Crippen MR) is 86.0 cm³/mol. The van der Waals surface area contributed by atoms with E-state index in [1.165, 1.54) is 24.2 Å². The molecule has 0 aromatic carbocycles. The van der Waals surface area contributed by atoms with Crippen LogP contribution in [0.15, 0.2) is 18.3 Å². The summed E-state index contributed by atoms with van der Waals surface area (Å²) in [6.07, 6.45) is 4.64. The average Bonchev–Trinajstić information content (AvgIpc) is 2.56. The lowest BCUT2D eigenvalue weighted by Crippen LogP contribution is -2.51. The molecule has 0 radical (unpaired) electrons. The van der Waals surface area contributed by atoms with Crippen molar-refractivity contribution in [3.8, 4) is 0 Å². The molecular formula is C17H27N3O. The number of anilines is 1. The van der Waals surface area contributed by atoms with E-state index in [0.29, 0.717) is 12.0 Å². The van der Waals surface area contributed by atoms with Gasteiger partial charge in [-0.25, -0.2) is 0 Å². The number of hydrogen-bond donors (Lipinski definition) is 0. The summed E-state index contributed by atoms with van der Waals surface area (Å²) < 4.78 is 5.47. The molecule has 1 aromatic heterocycles. The van der Waals surface area contributed by atoms with Crippen LogP contribution in [0.1, 0.15) is 38.3 Å². The minimum absolute atomic E-state index is 0.501. The molecule has 0 amide bonds. The summed E-state index contributed by atoms with van der Waals surface area (Å²) in [4.78, 5) is 9.72. The molecule has 2 fully saturated rings. The van der Waals surface area contributed by atoms with Crippen LogP contribution in [0.25, 0.3) is 0 Å². The third-order valence-corrected chi connectivity index (χ3v) is 4.69. The van der Waals surface area contributed by atoms with E-state index in [9.17, 15) is 0 Å². The first-order chi connectivity index (χ1) is 10.2. The molecule has 0 N–H and O–H groups in total. The Labute approximate surface area is 128 Å². The average molecular weight is 289 g/mol. The first kappa shape index (κ1) is 14.8. The Bertz CT molecular complexity index is 440. The molecular weight excluding hydrogens is 262 g/mol. The second-order valence-corrected chi connectivity index (χ2v) is 6.49. The maximum atomic E-state index is 5.47. The number of hydrogen-bond acceptors (Lipinski definition) is 4. The van der Waals surface area contributed by atoms with Gasteiger partial charge in [-0.2, -0.15) is 0 Å². The zero-order chi connectivity index (χ0) is 14.7. The molecule has 0 saturated carbocycles. The summed E-state index contributed by atoms with van der Waals surface area (Å²) >= 11 is 0. The van der Waals surface area contributed by atoms with Gasteiger partial charge < -0.3 is 9.64 Å². The van der Waals surface area contributed by atoms with Crippen molar-refractivity contribution in [3.63, 3.8) is 0 Å². The number of ether oxygens (including phenoxy) is 1. The molecule has 2 saturated heterocycles. The quantitative estimate of drug-likeness (QED) is 0.855. The molecule has 2 aliphatic rings. The maximum Gasteiger partial charge on any atom is 0.0594 e. The summed E-state index contributed by atoms with van der Waals surface area (Å²) in [6.45, 7) is 10.6. The maximum absolute atomic E-state index is 5.47. The minimum Gasteiger partial charge on any atom is -0.379 e. The molecule has 0 bridgehead atoms. The highest BCUT2D eigenvalue weighted by molar-refractivity contribution is 5.45. The highest BCUT2D eigenvalue weighted by Crippen LogP contribution is 2.23. The fraction of sp³-hybridized carbons (Fsp3) is 0.706. The SMILES string of the molecule is CC(C)c1ccc(N2CCC[C@@H](N3CCOCC3)C2)cn1.